The molecule has 1 N–H and O–H groups in total. The highest BCUT2D eigenvalue weighted by Crippen LogP contribution is 2.37. The lowest BCUT2D eigenvalue weighted by molar-refractivity contribution is -0.136. The van der Waals surface area contributed by atoms with E-state index in [9.17, 15) is 5.26 Å². The van der Waals surface area contributed by atoms with E-state index in [0.29, 0.717) is 17.6 Å². The smallest absolute Gasteiger partial charge is 0.399 e. The summed E-state index contributed by atoms with van der Waals surface area (Å²) in [6.45, 7) is 15.9. The van der Waals surface area contributed by atoms with E-state index in [0.717, 1.165) is 11.1 Å². The molecule has 6 nitrogen and oxygen atoms in total. The topological polar surface area (TPSA) is 65.7 Å². The zero-order valence-corrected chi connectivity index (χ0v) is 21.1. The monoisotopic (exact) mass is 520 g/mol. The van der Waals surface area contributed by atoms with Gasteiger partial charge in [-0.1, -0.05) is 39.8 Å². The maximum absolute atomic E-state index is 9.33. The average Bonchev–Trinajstić information content (AvgIpc) is 3.26. The summed E-state index contributed by atoms with van der Waals surface area (Å²) in [6, 6.07) is 5.56. The fourth-order valence-electron chi connectivity index (χ4n) is 2.48. The first-order chi connectivity index (χ1) is 13.3. The van der Waals surface area contributed by atoms with Gasteiger partial charge in [0.2, 0.25) is 0 Å². The molecule has 9 heteroatoms. The first kappa shape index (κ1) is 25.4. The molecule has 1 saturated heterocycles. The molecule has 1 aliphatic rings. The van der Waals surface area contributed by atoms with E-state index in [1.54, 1.807) is 12.3 Å². The van der Waals surface area contributed by atoms with Crippen molar-refractivity contribution in [2.75, 3.05) is 0 Å². The van der Waals surface area contributed by atoms with Crippen LogP contribution in [0.2, 0.25) is 0 Å². The van der Waals surface area contributed by atoms with Crippen LogP contribution in [-0.2, 0) is 9.31 Å². The van der Waals surface area contributed by atoms with Crippen LogP contribution in [0.5, 0.6) is 5.75 Å². The van der Waals surface area contributed by atoms with Crippen LogP contribution < -0.4 is 10.4 Å². The second-order valence-corrected chi connectivity index (χ2v) is 8.76. The van der Waals surface area contributed by atoms with Gasteiger partial charge in [0.05, 0.1) is 23.8 Å². The summed E-state index contributed by atoms with van der Waals surface area (Å²) in [5.74, 6) is 0.315. The zero-order valence-electron chi connectivity index (χ0n) is 17.9. The van der Waals surface area contributed by atoms with E-state index in [4.69, 9.17) is 9.31 Å². The Morgan fingerprint density at radius 1 is 1.07 bits per heavy atom. The molecular formula is C19H31BIN2O4P. The van der Waals surface area contributed by atoms with E-state index in [2.05, 4.69) is 32.0 Å². The van der Waals surface area contributed by atoms with Crippen molar-refractivity contribution in [3.05, 3.63) is 30.6 Å². The lowest BCUT2D eigenvalue weighted by atomic mass is 9.77. The van der Waals surface area contributed by atoms with Gasteiger partial charge in [-0.05, 0) is 61.4 Å². The minimum Gasteiger partial charge on any atom is -0.399 e. The fourth-order valence-corrected chi connectivity index (χ4v) is 3.56. The summed E-state index contributed by atoms with van der Waals surface area (Å²) in [5.41, 5.74) is 1.61. The van der Waals surface area contributed by atoms with Crippen molar-refractivity contribution in [3.63, 3.8) is 0 Å². The third kappa shape index (κ3) is 5.48. The second-order valence-electron chi connectivity index (χ2n) is 6.69. The van der Waals surface area contributed by atoms with Crippen molar-refractivity contribution in [1.82, 2.24) is 9.55 Å². The SMILES string of the molecule is CC.CC.CC1(C)OB(c2ccc(-c3cnn(PI)c3)cc2OO)OC1(C)C. The van der Waals surface area contributed by atoms with Gasteiger partial charge in [-0.25, -0.2) is 9.71 Å². The molecule has 3 rings (SSSR count). The summed E-state index contributed by atoms with van der Waals surface area (Å²) in [5, 5.41) is 13.6. The first-order valence-corrected chi connectivity index (χ1v) is 13.6. The number of hydrogen-bond donors (Lipinski definition) is 1. The van der Waals surface area contributed by atoms with Crippen LogP contribution in [-0.4, -0.2) is 33.1 Å². The van der Waals surface area contributed by atoms with Gasteiger partial charge in [-0.15, -0.1) is 0 Å². The second kappa shape index (κ2) is 10.9. The minimum absolute atomic E-state index is 0.315. The summed E-state index contributed by atoms with van der Waals surface area (Å²) in [4.78, 5) is 4.60. The van der Waals surface area contributed by atoms with Gasteiger partial charge >= 0.3 is 7.12 Å². The highest BCUT2D eigenvalue weighted by Gasteiger charge is 2.52. The molecule has 0 aliphatic carbocycles. The third-order valence-electron chi connectivity index (χ3n) is 4.62. The Balaban J connectivity index is 0.000000921. The summed E-state index contributed by atoms with van der Waals surface area (Å²) >= 11 is 2.27. The van der Waals surface area contributed by atoms with Crippen molar-refractivity contribution in [1.29, 1.82) is 0 Å². The molecule has 0 amide bonds. The van der Waals surface area contributed by atoms with Crippen LogP contribution in [0, 0.1) is 0 Å². The molecule has 1 aliphatic heterocycles. The molecular weight excluding hydrogens is 489 g/mol. The Hall–Kier alpha value is -0.665. The molecule has 0 spiro atoms. The maximum atomic E-state index is 9.33. The number of halogens is 1. The van der Waals surface area contributed by atoms with Gasteiger partial charge < -0.3 is 14.2 Å². The molecule has 1 aromatic heterocycles. The molecule has 2 aromatic rings. The predicted octanol–water partition coefficient (Wildman–Crippen LogP) is 5.55. The Labute approximate surface area is 183 Å². The van der Waals surface area contributed by atoms with Crippen LogP contribution in [0.1, 0.15) is 55.4 Å². The van der Waals surface area contributed by atoms with Gasteiger partial charge in [0.15, 0.2) is 5.75 Å². The molecule has 28 heavy (non-hydrogen) atoms. The van der Waals surface area contributed by atoms with Crippen LogP contribution >= 0.6 is 28.4 Å². The Bertz CT molecular complexity index is 739. The number of benzene rings is 1. The Morgan fingerprint density at radius 3 is 2.11 bits per heavy atom. The highest BCUT2D eigenvalue weighted by molar-refractivity contribution is 14.2. The van der Waals surface area contributed by atoms with Crippen molar-refractivity contribution in [2.24, 2.45) is 0 Å². The number of rotatable bonds is 4. The van der Waals surface area contributed by atoms with E-state index >= 15 is 0 Å². The van der Waals surface area contributed by atoms with E-state index in [1.165, 1.54) is 0 Å². The Kier molecular flexibility index (Phi) is 9.90. The summed E-state index contributed by atoms with van der Waals surface area (Å²) < 4.78 is 13.9. The van der Waals surface area contributed by atoms with Gasteiger partial charge in [-0.2, -0.15) is 5.10 Å². The average molecular weight is 520 g/mol. The molecule has 156 valence electrons. The molecule has 0 bridgehead atoms. The number of hydrogen-bond acceptors (Lipinski definition) is 5. The van der Waals surface area contributed by atoms with Crippen LogP contribution in [0.3, 0.4) is 0 Å². The van der Waals surface area contributed by atoms with Crippen molar-refractivity contribution in [2.45, 2.75) is 66.6 Å². The van der Waals surface area contributed by atoms with Crippen molar-refractivity contribution >= 4 is 41.0 Å². The maximum Gasteiger partial charge on any atom is 0.498 e. The molecule has 0 radical (unpaired) electrons. The molecule has 1 atom stereocenters. The van der Waals surface area contributed by atoms with Gasteiger partial charge in [0.25, 0.3) is 0 Å². The molecule has 1 unspecified atom stereocenters. The van der Waals surface area contributed by atoms with E-state index < -0.39 is 18.3 Å². The molecule has 1 fully saturated rings. The standard InChI is InChI=1S/C15H19BIN2O4P.2C2H6/c1-14(2)15(3,4)23-16(22-14)12-6-5-10(7-13(12)21-20)11-8-18-19(9-11)24-17;2*1-2/h5-9,20,24H,1-4H3;2*1-2H3. The minimum atomic E-state index is -0.593. The van der Waals surface area contributed by atoms with Crippen LogP contribution in [0.15, 0.2) is 30.6 Å². The van der Waals surface area contributed by atoms with Gasteiger partial charge in [-0.3, -0.25) is 0 Å². The normalized spacial score (nSPS) is 17.0. The summed E-state index contributed by atoms with van der Waals surface area (Å²) in [6.07, 6.45) is 4.28. The summed E-state index contributed by atoms with van der Waals surface area (Å²) in [7, 11) is -0.593. The van der Waals surface area contributed by atoms with E-state index in [-0.39, 0.29) is 0 Å². The molecule has 1 aromatic carbocycles. The number of nitrogens with zero attached hydrogens (tertiary/aromatic N) is 2. The Morgan fingerprint density at radius 2 is 1.64 bits per heavy atom. The lowest BCUT2D eigenvalue weighted by Crippen LogP contribution is -2.41. The zero-order chi connectivity index (χ0) is 21.5. The molecule has 2 heterocycles. The van der Waals surface area contributed by atoms with Gasteiger partial charge in [0.1, 0.15) is 0 Å². The van der Waals surface area contributed by atoms with Gasteiger partial charge in [0, 0.05) is 17.2 Å². The largest absolute Gasteiger partial charge is 0.498 e. The highest BCUT2D eigenvalue weighted by atomic mass is 127. The predicted molar refractivity (Wildman–Crippen MR) is 127 cm³/mol. The van der Waals surface area contributed by atoms with E-state index in [1.807, 2.05) is 78.2 Å². The molecule has 0 saturated carbocycles. The third-order valence-corrected chi connectivity index (χ3v) is 6.52. The van der Waals surface area contributed by atoms with Crippen molar-refractivity contribution in [3.8, 4) is 16.9 Å². The van der Waals surface area contributed by atoms with Crippen molar-refractivity contribution < 1.29 is 19.5 Å². The quantitative estimate of drug-likeness (QED) is 0.189. The van der Waals surface area contributed by atoms with Crippen LogP contribution in [0.4, 0.5) is 0 Å². The fraction of sp³-hybridized carbons (Fsp3) is 0.526. The lowest BCUT2D eigenvalue weighted by Gasteiger charge is -2.32. The number of aromatic nitrogens is 2. The first-order valence-electron chi connectivity index (χ1n) is 9.50. The van der Waals surface area contributed by atoms with Crippen LogP contribution in [0.25, 0.3) is 11.1 Å².